The molecule has 1 aliphatic rings. The van der Waals surface area contributed by atoms with Gasteiger partial charge in [0.25, 0.3) is 0 Å². The van der Waals surface area contributed by atoms with Gasteiger partial charge in [-0.1, -0.05) is 123 Å². The van der Waals surface area contributed by atoms with Gasteiger partial charge in [0.1, 0.15) is 0 Å². The minimum Gasteiger partial charge on any atom is -0.0837 e. The Bertz CT molecular complexity index is 1510. The van der Waals surface area contributed by atoms with E-state index in [-0.39, 0.29) is 5.41 Å². The lowest BCUT2D eigenvalue weighted by Crippen LogP contribution is -2.14. The topological polar surface area (TPSA) is 0 Å². The molecule has 0 aromatic heterocycles. The summed E-state index contributed by atoms with van der Waals surface area (Å²) < 4.78 is 0. The highest BCUT2D eigenvalue weighted by atomic mass is 35.5. The molecule has 0 unspecified atom stereocenters. The maximum absolute atomic E-state index is 6.73. The van der Waals surface area contributed by atoms with Gasteiger partial charge in [0.05, 0.1) is 0 Å². The van der Waals surface area contributed by atoms with E-state index < -0.39 is 0 Å². The van der Waals surface area contributed by atoms with Gasteiger partial charge in [0, 0.05) is 16.0 Å². The molecule has 0 atom stereocenters. The van der Waals surface area contributed by atoms with Crippen LogP contribution in [-0.2, 0) is 5.41 Å². The molecule has 0 aliphatic heterocycles. The van der Waals surface area contributed by atoms with E-state index in [4.69, 9.17) is 11.6 Å². The van der Waals surface area contributed by atoms with Crippen molar-refractivity contribution < 1.29 is 0 Å². The molecule has 0 saturated heterocycles. The molecular formula is C33H25Cl. The number of benzene rings is 5. The van der Waals surface area contributed by atoms with E-state index in [1.165, 1.54) is 44.5 Å². The maximum Gasteiger partial charge on any atom is 0.0484 e. The normalized spacial score (nSPS) is 13.4. The third kappa shape index (κ3) is 3.38. The van der Waals surface area contributed by atoms with Crippen LogP contribution < -0.4 is 0 Å². The highest BCUT2D eigenvalue weighted by Gasteiger charge is 2.35. The molecule has 0 amide bonds. The Kier molecular flexibility index (Phi) is 4.94. The highest BCUT2D eigenvalue weighted by Crippen LogP contribution is 2.49. The van der Waals surface area contributed by atoms with Crippen LogP contribution in [0.3, 0.4) is 0 Å². The van der Waals surface area contributed by atoms with Crippen molar-refractivity contribution in [2.24, 2.45) is 0 Å². The van der Waals surface area contributed by atoms with E-state index in [2.05, 4.69) is 117 Å². The molecule has 164 valence electrons. The van der Waals surface area contributed by atoms with Gasteiger partial charge in [-0.2, -0.15) is 0 Å². The first-order valence-electron chi connectivity index (χ1n) is 11.7. The lowest BCUT2D eigenvalue weighted by molar-refractivity contribution is 0.660. The summed E-state index contributed by atoms with van der Waals surface area (Å²) in [5, 5.41) is 0.773. The molecule has 0 heterocycles. The summed E-state index contributed by atoms with van der Waals surface area (Å²) in [6.45, 7) is 4.62. The van der Waals surface area contributed by atoms with Crippen molar-refractivity contribution in [2.45, 2.75) is 19.3 Å². The average Bonchev–Trinajstić information content (AvgIpc) is 3.11. The lowest BCUT2D eigenvalue weighted by atomic mass is 9.82. The number of rotatable bonds is 3. The van der Waals surface area contributed by atoms with Crippen molar-refractivity contribution >= 4 is 11.6 Å². The standard InChI is InChI=1S/C33H25Cl/c1-33(2)30-11-7-6-10-27(30)29-21-26(16-18-31(29)33)28-20-25(17-19-32(28)34)24-14-12-23(13-15-24)22-8-4-3-5-9-22/h3-21H,1-2H3. The van der Waals surface area contributed by atoms with Crippen LogP contribution in [0.15, 0.2) is 115 Å². The van der Waals surface area contributed by atoms with Crippen molar-refractivity contribution in [3.05, 3.63) is 131 Å². The molecular weight excluding hydrogens is 432 g/mol. The predicted molar refractivity (Wildman–Crippen MR) is 145 cm³/mol. The van der Waals surface area contributed by atoms with Gasteiger partial charge in [0.2, 0.25) is 0 Å². The van der Waals surface area contributed by atoms with Gasteiger partial charge in [-0.05, 0) is 68.3 Å². The monoisotopic (exact) mass is 456 g/mol. The van der Waals surface area contributed by atoms with Gasteiger partial charge in [-0.25, -0.2) is 0 Å². The van der Waals surface area contributed by atoms with Gasteiger partial charge in [-0.3, -0.25) is 0 Å². The molecule has 0 bridgehead atoms. The van der Waals surface area contributed by atoms with Crippen LogP contribution in [-0.4, -0.2) is 0 Å². The fourth-order valence-electron chi connectivity index (χ4n) is 5.30. The van der Waals surface area contributed by atoms with Crippen molar-refractivity contribution in [3.63, 3.8) is 0 Å². The smallest absolute Gasteiger partial charge is 0.0484 e. The van der Waals surface area contributed by atoms with Crippen LogP contribution >= 0.6 is 11.6 Å². The van der Waals surface area contributed by atoms with Gasteiger partial charge >= 0.3 is 0 Å². The molecule has 0 spiro atoms. The molecule has 1 heteroatoms. The first-order valence-corrected chi connectivity index (χ1v) is 12.1. The second-order valence-electron chi connectivity index (χ2n) is 9.57. The number of halogens is 1. The first kappa shape index (κ1) is 21.0. The largest absolute Gasteiger partial charge is 0.0837 e. The number of fused-ring (bicyclic) bond motifs is 3. The van der Waals surface area contributed by atoms with Gasteiger partial charge < -0.3 is 0 Å². The van der Waals surface area contributed by atoms with Gasteiger partial charge in [-0.15, -0.1) is 0 Å². The Morgan fingerprint density at radius 1 is 0.441 bits per heavy atom. The quantitative estimate of drug-likeness (QED) is 0.253. The van der Waals surface area contributed by atoms with Crippen LogP contribution in [0.1, 0.15) is 25.0 Å². The minimum absolute atomic E-state index is 0.0105. The Labute approximate surface area is 206 Å². The summed E-state index contributed by atoms with van der Waals surface area (Å²) in [6, 6.07) is 41.1. The van der Waals surface area contributed by atoms with Crippen molar-refractivity contribution in [1.29, 1.82) is 0 Å². The SMILES string of the molecule is CC1(C)c2ccccc2-c2cc(-c3cc(-c4ccc(-c5ccccc5)cc4)ccc3Cl)ccc21. The van der Waals surface area contributed by atoms with Gasteiger partial charge in [0.15, 0.2) is 0 Å². The second-order valence-corrected chi connectivity index (χ2v) is 9.98. The molecule has 34 heavy (non-hydrogen) atoms. The van der Waals surface area contributed by atoms with Crippen LogP contribution in [0.25, 0.3) is 44.5 Å². The summed E-state index contributed by atoms with van der Waals surface area (Å²) in [6.07, 6.45) is 0. The van der Waals surface area contributed by atoms with E-state index in [1.807, 2.05) is 12.1 Å². The third-order valence-corrected chi connectivity index (χ3v) is 7.52. The average molecular weight is 457 g/mol. The van der Waals surface area contributed by atoms with Crippen molar-refractivity contribution in [3.8, 4) is 44.5 Å². The molecule has 0 nitrogen and oxygen atoms in total. The fraction of sp³-hybridized carbons (Fsp3) is 0.0909. The summed E-state index contributed by atoms with van der Waals surface area (Å²) >= 11 is 6.73. The van der Waals surface area contributed by atoms with E-state index >= 15 is 0 Å². The van der Waals surface area contributed by atoms with E-state index in [9.17, 15) is 0 Å². The number of hydrogen-bond donors (Lipinski definition) is 0. The molecule has 0 N–H and O–H groups in total. The summed E-state index contributed by atoms with van der Waals surface area (Å²) in [4.78, 5) is 0. The third-order valence-electron chi connectivity index (χ3n) is 7.19. The maximum atomic E-state index is 6.73. The molecule has 5 aromatic rings. The molecule has 0 saturated carbocycles. The van der Waals surface area contributed by atoms with Crippen LogP contribution in [0.2, 0.25) is 5.02 Å². The van der Waals surface area contributed by atoms with Crippen molar-refractivity contribution in [1.82, 2.24) is 0 Å². The molecule has 6 rings (SSSR count). The fourth-order valence-corrected chi connectivity index (χ4v) is 5.53. The minimum atomic E-state index is 0.0105. The van der Waals surface area contributed by atoms with Crippen LogP contribution in [0, 0.1) is 0 Å². The Morgan fingerprint density at radius 2 is 0.971 bits per heavy atom. The molecule has 1 aliphatic carbocycles. The van der Waals surface area contributed by atoms with E-state index in [1.54, 1.807) is 0 Å². The Balaban J connectivity index is 1.40. The number of hydrogen-bond acceptors (Lipinski definition) is 0. The van der Waals surface area contributed by atoms with E-state index in [0.29, 0.717) is 0 Å². The van der Waals surface area contributed by atoms with Crippen LogP contribution in [0.4, 0.5) is 0 Å². The molecule has 0 radical (unpaired) electrons. The predicted octanol–water partition coefficient (Wildman–Crippen LogP) is 9.65. The molecule has 0 fully saturated rings. The summed E-state index contributed by atoms with van der Waals surface area (Å²) in [5.41, 5.74) is 12.4. The lowest BCUT2D eigenvalue weighted by Gasteiger charge is -2.21. The first-order chi connectivity index (χ1) is 16.5. The van der Waals surface area contributed by atoms with Crippen molar-refractivity contribution in [2.75, 3.05) is 0 Å². The highest BCUT2D eigenvalue weighted by molar-refractivity contribution is 6.33. The Hall–Kier alpha value is -3.61. The van der Waals surface area contributed by atoms with E-state index in [0.717, 1.165) is 16.1 Å². The Morgan fingerprint density at radius 3 is 1.74 bits per heavy atom. The molecule has 5 aromatic carbocycles. The zero-order valence-electron chi connectivity index (χ0n) is 19.3. The zero-order valence-corrected chi connectivity index (χ0v) is 20.1. The summed E-state index contributed by atoms with van der Waals surface area (Å²) in [7, 11) is 0. The second kappa shape index (κ2) is 8.01. The zero-order chi connectivity index (χ0) is 23.3. The van der Waals surface area contributed by atoms with Crippen LogP contribution in [0.5, 0.6) is 0 Å². The summed E-state index contributed by atoms with van der Waals surface area (Å²) in [5.74, 6) is 0.